The van der Waals surface area contributed by atoms with Crippen molar-refractivity contribution in [2.45, 2.75) is 39.7 Å². The number of nitrogen functional groups attached to an aromatic ring is 1. The zero-order valence-electron chi connectivity index (χ0n) is 22.5. The molecular formula is C31H29N7O2. The molecule has 6 rings (SSSR count). The molecule has 9 nitrogen and oxygen atoms in total. The van der Waals surface area contributed by atoms with Crippen LogP contribution in [-0.2, 0) is 12.8 Å². The van der Waals surface area contributed by atoms with E-state index in [1.807, 2.05) is 75.4 Å². The highest BCUT2D eigenvalue weighted by atomic mass is 16.3. The minimum absolute atomic E-state index is 0.0909. The molecule has 0 aliphatic heterocycles. The summed E-state index contributed by atoms with van der Waals surface area (Å²) >= 11 is 0. The third-order valence-electron chi connectivity index (χ3n) is 7.24. The van der Waals surface area contributed by atoms with Crippen molar-refractivity contribution in [3.8, 4) is 11.1 Å². The van der Waals surface area contributed by atoms with E-state index >= 15 is 0 Å². The molecule has 1 atom stereocenters. The van der Waals surface area contributed by atoms with E-state index in [4.69, 9.17) is 15.2 Å². The lowest BCUT2D eigenvalue weighted by molar-refractivity contribution is 0.443. The largest absolute Gasteiger partial charge is 0.458 e. The van der Waals surface area contributed by atoms with E-state index in [0.29, 0.717) is 52.0 Å². The third kappa shape index (κ3) is 4.25. The Bertz CT molecular complexity index is 1930. The summed E-state index contributed by atoms with van der Waals surface area (Å²) in [6, 6.07) is 16.4. The highest BCUT2D eigenvalue weighted by Gasteiger charge is 2.26. The fourth-order valence-electron chi connectivity index (χ4n) is 5.27. The van der Waals surface area contributed by atoms with E-state index in [2.05, 4.69) is 26.2 Å². The van der Waals surface area contributed by atoms with Crippen molar-refractivity contribution < 1.29 is 4.42 Å². The Labute approximate surface area is 230 Å². The smallest absolute Gasteiger partial charge is 0.200 e. The molecule has 40 heavy (non-hydrogen) atoms. The normalized spacial score (nSPS) is 12.6. The predicted molar refractivity (Wildman–Crippen MR) is 157 cm³/mol. The van der Waals surface area contributed by atoms with Crippen molar-refractivity contribution in [1.82, 2.24) is 29.9 Å². The van der Waals surface area contributed by atoms with Gasteiger partial charge in [-0.05, 0) is 51.3 Å². The molecule has 2 aromatic carbocycles. The first-order valence-corrected chi connectivity index (χ1v) is 13.2. The SMILES string of the molecule is C/C=C\c1c(C)n[nH]c1CCc1nn(C(C)c2oc3ccccc3c(=O)c2-c2ccccc2)c2ncnc(N)c12. The topological polar surface area (TPSA) is 129 Å². The van der Waals surface area contributed by atoms with Crippen molar-refractivity contribution >= 4 is 33.9 Å². The number of hydrogen-bond donors (Lipinski definition) is 2. The van der Waals surface area contributed by atoms with Gasteiger partial charge in [-0.15, -0.1) is 0 Å². The number of aromatic nitrogens is 6. The van der Waals surface area contributed by atoms with Gasteiger partial charge in [-0.1, -0.05) is 54.6 Å². The molecule has 6 aromatic rings. The molecule has 0 fully saturated rings. The molecule has 0 spiro atoms. The van der Waals surface area contributed by atoms with Crippen LogP contribution in [0.2, 0.25) is 0 Å². The number of aromatic amines is 1. The molecular weight excluding hydrogens is 502 g/mol. The number of H-pyrrole nitrogens is 1. The van der Waals surface area contributed by atoms with Crippen molar-refractivity contribution in [3.05, 3.63) is 106 Å². The van der Waals surface area contributed by atoms with E-state index in [0.717, 1.165) is 28.2 Å². The van der Waals surface area contributed by atoms with Gasteiger partial charge in [0.15, 0.2) is 5.65 Å². The number of hydrogen-bond acceptors (Lipinski definition) is 7. The maximum absolute atomic E-state index is 13.8. The minimum atomic E-state index is -0.467. The number of fused-ring (bicyclic) bond motifs is 2. The first kappa shape index (κ1) is 25.2. The van der Waals surface area contributed by atoms with E-state index in [-0.39, 0.29) is 5.43 Å². The van der Waals surface area contributed by atoms with Crippen LogP contribution in [-0.4, -0.2) is 29.9 Å². The van der Waals surface area contributed by atoms with Crippen LogP contribution in [0.15, 0.2) is 76.2 Å². The summed E-state index contributed by atoms with van der Waals surface area (Å²) < 4.78 is 8.24. The first-order valence-electron chi connectivity index (χ1n) is 13.2. The molecule has 1 unspecified atom stereocenters. The van der Waals surface area contributed by atoms with Gasteiger partial charge in [-0.3, -0.25) is 9.89 Å². The van der Waals surface area contributed by atoms with Crippen molar-refractivity contribution in [3.63, 3.8) is 0 Å². The van der Waals surface area contributed by atoms with E-state index in [1.165, 1.54) is 6.33 Å². The number of aryl methyl sites for hydroxylation is 3. The molecule has 200 valence electrons. The Kier molecular flexibility index (Phi) is 6.47. The van der Waals surface area contributed by atoms with Crippen LogP contribution in [0, 0.1) is 6.92 Å². The van der Waals surface area contributed by atoms with Crippen LogP contribution in [0.5, 0.6) is 0 Å². The second kappa shape index (κ2) is 10.3. The molecule has 0 radical (unpaired) electrons. The standard InChI is InChI=1S/C31H29N7O2/c1-4-10-21-18(2)35-36-23(21)15-16-24-27-30(32)33-17-34-31(27)38(37-24)19(3)29-26(20-11-6-5-7-12-20)28(39)22-13-8-9-14-25(22)40-29/h4-14,17,19H,15-16H2,1-3H3,(H,35,36)(H2,32,33,34)/b10-4-. The van der Waals surface area contributed by atoms with Crippen molar-refractivity contribution in [2.75, 3.05) is 5.73 Å². The summed E-state index contributed by atoms with van der Waals surface area (Å²) in [4.78, 5) is 22.6. The van der Waals surface area contributed by atoms with Crippen LogP contribution >= 0.6 is 0 Å². The van der Waals surface area contributed by atoms with E-state index in [1.54, 1.807) is 10.7 Å². The number of rotatable bonds is 7. The van der Waals surface area contributed by atoms with Gasteiger partial charge in [-0.2, -0.15) is 10.2 Å². The van der Waals surface area contributed by atoms with Crippen LogP contribution in [0.4, 0.5) is 5.82 Å². The maximum Gasteiger partial charge on any atom is 0.200 e. The second-order valence-corrected chi connectivity index (χ2v) is 9.76. The molecule has 0 saturated carbocycles. The summed E-state index contributed by atoms with van der Waals surface area (Å²) in [7, 11) is 0. The van der Waals surface area contributed by atoms with Gasteiger partial charge in [-0.25, -0.2) is 14.6 Å². The number of para-hydroxylation sites is 1. The number of benzene rings is 2. The molecule has 4 aromatic heterocycles. The Morgan fingerprint density at radius 1 is 1.07 bits per heavy atom. The summed E-state index contributed by atoms with van der Waals surface area (Å²) in [5, 5.41) is 13.7. The molecule has 0 amide bonds. The summed E-state index contributed by atoms with van der Waals surface area (Å²) in [5.41, 5.74) is 12.5. The molecule has 0 bridgehead atoms. The van der Waals surface area contributed by atoms with Gasteiger partial charge in [0.1, 0.15) is 29.5 Å². The van der Waals surface area contributed by atoms with Gasteiger partial charge in [0, 0.05) is 11.3 Å². The molecule has 0 aliphatic carbocycles. The predicted octanol–water partition coefficient (Wildman–Crippen LogP) is 5.64. The zero-order valence-corrected chi connectivity index (χ0v) is 22.5. The van der Waals surface area contributed by atoms with Crippen LogP contribution in [0.3, 0.4) is 0 Å². The van der Waals surface area contributed by atoms with Crippen molar-refractivity contribution in [2.24, 2.45) is 0 Å². The number of nitrogens with zero attached hydrogens (tertiary/aromatic N) is 5. The molecule has 3 N–H and O–H groups in total. The fraction of sp³-hybridized carbons (Fsp3) is 0.194. The Balaban J connectivity index is 1.50. The summed E-state index contributed by atoms with van der Waals surface area (Å²) in [6.07, 6.45) is 6.75. The van der Waals surface area contributed by atoms with Crippen molar-refractivity contribution in [1.29, 1.82) is 0 Å². The first-order chi connectivity index (χ1) is 19.5. The summed E-state index contributed by atoms with van der Waals surface area (Å²) in [5.74, 6) is 0.860. The van der Waals surface area contributed by atoms with Gasteiger partial charge >= 0.3 is 0 Å². The van der Waals surface area contributed by atoms with Crippen LogP contribution in [0.1, 0.15) is 48.3 Å². The third-order valence-corrected chi connectivity index (χ3v) is 7.24. The number of nitrogens with two attached hydrogens (primary N) is 1. The van der Waals surface area contributed by atoms with Crippen LogP contribution in [0.25, 0.3) is 39.2 Å². The molecule has 0 aliphatic rings. The van der Waals surface area contributed by atoms with Gasteiger partial charge in [0.2, 0.25) is 5.43 Å². The van der Waals surface area contributed by atoms with Crippen LogP contribution < -0.4 is 11.2 Å². The average molecular weight is 532 g/mol. The van der Waals surface area contributed by atoms with E-state index < -0.39 is 6.04 Å². The number of anilines is 1. The molecule has 4 heterocycles. The number of allylic oxidation sites excluding steroid dienone is 1. The van der Waals surface area contributed by atoms with Gasteiger partial charge in [0.05, 0.1) is 27.7 Å². The lowest BCUT2D eigenvalue weighted by Gasteiger charge is -2.17. The maximum atomic E-state index is 13.8. The quantitative estimate of drug-likeness (QED) is 0.273. The molecule has 0 saturated heterocycles. The van der Waals surface area contributed by atoms with Gasteiger partial charge in [0.25, 0.3) is 0 Å². The molecule has 9 heteroatoms. The highest BCUT2D eigenvalue weighted by Crippen LogP contribution is 2.33. The Hall–Kier alpha value is -5.05. The Morgan fingerprint density at radius 2 is 1.85 bits per heavy atom. The fourth-order valence-corrected chi connectivity index (χ4v) is 5.27. The average Bonchev–Trinajstić information content (AvgIpc) is 3.53. The van der Waals surface area contributed by atoms with E-state index in [9.17, 15) is 4.79 Å². The highest BCUT2D eigenvalue weighted by molar-refractivity contribution is 5.88. The van der Waals surface area contributed by atoms with Gasteiger partial charge < -0.3 is 10.2 Å². The lowest BCUT2D eigenvalue weighted by atomic mass is 9.99. The minimum Gasteiger partial charge on any atom is -0.458 e. The zero-order chi connectivity index (χ0) is 27.8. The monoisotopic (exact) mass is 531 g/mol. The number of nitrogens with one attached hydrogen (secondary N) is 1. The summed E-state index contributed by atoms with van der Waals surface area (Å²) in [6.45, 7) is 5.92. The Morgan fingerprint density at radius 3 is 2.65 bits per heavy atom. The lowest BCUT2D eigenvalue weighted by Crippen LogP contribution is -2.16. The second-order valence-electron chi connectivity index (χ2n) is 9.76.